The maximum absolute atomic E-state index is 13.2. The number of amides is 1. The van der Waals surface area contributed by atoms with E-state index >= 15 is 0 Å². The summed E-state index contributed by atoms with van der Waals surface area (Å²) in [7, 11) is 0. The smallest absolute Gasteiger partial charge is 0.227 e. The number of aromatic nitrogens is 1. The van der Waals surface area contributed by atoms with Gasteiger partial charge in [-0.15, -0.1) is 11.3 Å². The zero-order chi connectivity index (χ0) is 17.1. The third-order valence-corrected chi connectivity index (χ3v) is 5.28. The molecule has 1 amide bonds. The minimum Gasteiger partial charge on any atom is -0.490 e. The van der Waals surface area contributed by atoms with Crippen molar-refractivity contribution < 1.29 is 13.9 Å². The Morgan fingerprint density at radius 3 is 2.75 bits per heavy atom. The summed E-state index contributed by atoms with van der Waals surface area (Å²) in [6, 6.07) is 6.20. The summed E-state index contributed by atoms with van der Waals surface area (Å²) in [6.07, 6.45) is 1.99. The van der Waals surface area contributed by atoms with Gasteiger partial charge >= 0.3 is 0 Å². The molecule has 24 heavy (non-hydrogen) atoms. The number of likely N-dealkylation sites (tertiary alicyclic amines) is 1. The molecule has 2 heterocycles. The van der Waals surface area contributed by atoms with Crippen LogP contribution in [-0.2, 0) is 11.2 Å². The van der Waals surface area contributed by atoms with Crippen LogP contribution in [0.4, 0.5) is 4.39 Å². The number of piperidine rings is 1. The first-order chi connectivity index (χ1) is 11.5. The standard InChI is InChI=1S/C18H21FN2O2S/c1-12-17(24-13(2)20-12)11-18(22)21-8-6-15(7-9-21)23-16-5-3-4-14(19)10-16/h3-5,10,15H,6-9,11H2,1-2H3. The molecule has 3 rings (SSSR count). The largest absolute Gasteiger partial charge is 0.490 e. The van der Waals surface area contributed by atoms with E-state index in [-0.39, 0.29) is 17.8 Å². The van der Waals surface area contributed by atoms with Crippen LogP contribution in [0.3, 0.4) is 0 Å². The van der Waals surface area contributed by atoms with E-state index in [1.165, 1.54) is 12.1 Å². The third kappa shape index (κ3) is 4.12. The molecule has 1 fully saturated rings. The van der Waals surface area contributed by atoms with Crippen LogP contribution in [0.15, 0.2) is 24.3 Å². The topological polar surface area (TPSA) is 42.4 Å². The van der Waals surface area contributed by atoms with Gasteiger partial charge in [-0.2, -0.15) is 0 Å². The minimum atomic E-state index is -0.296. The Morgan fingerprint density at radius 1 is 1.38 bits per heavy atom. The second-order valence-corrected chi connectivity index (χ2v) is 7.36. The minimum absolute atomic E-state index is 0.0308. The molecule has 0 atom stereocenters. The Hall–Kier alpha value is -1.95. The summed E-state index contributed by atoms with van der Waals surface area (Å²) >= 11 is 1.59. The number of aryl methyl sites for hydroxylation is 2. The highest BCUT2D eigenvalue weighted by Gasteiger charge is 2.24. The Kier molecular flexibility index (Phi) is 5.14. The highest BCUT2D eigenvalue weighted by atomic mass is 32.1. The summed E-state index contributed by atoms with van der Waals surface area (Å²) in [5.74, 6) is 0.400. The van der Waals surface area contributed by atoms with Crippen molar-refractivity contribution in [3.8, 4) is 5.75 Å². The van der Waals surface area contributed by atoms with Crippen molar-refractivity contribution in [3.05, 3.63) is 45.7 Å². The molecule has 0 saturated carbocycles. The zero-order valence-corrected chi connectivity index (χ0v) is 14.7. The van der Waals surface area contributed by atoms with Gasteiger partial charge in [-0.1, -0.05) is 6.07 Å². The maximum Gasteiger partial charge on any atom is 0.227 e. The Balaban J connectivity index is 1.51. The summed E-state index contributed by atoms with van der Waals surface area (Å²) in [5.41, 5.74) is 0.954. The lowest BCUT2D eigenvalue weighted by Crippen LogP contribution is -2.42. The fourth-order valence-corrected chi connectivity index (χ4v) is 3.87. The molecule has 0 aliphatic carbocycles. The van der Waals surface area contributed by atoms with E-state index in [1.807, 2.05) is 18.7 Å². The number of halogens is 1. The fraction of sp³-hybridized carbons (Fsp3) is 0.444. The van der Waals surface area contributed by atoms with Crippen LogP contribution in [0.2, 0.25) is 0 Å². The number of ether oxygens (including phenoxy) is 1. The zero-order valence-electron chi connectivity index (χ0n) is 13.9. The van der Waals surface area contributed by atoms with Crippen LogP contribution in [0.5, 0.6) is 5.75 Å². The van der Waals surface area contributed by atoms with Gasteiger partial charge in [0, 0.05) is 36.9 Å². The quantitative estimate of drug-likeness (QED) is 0.849. The molecule has 0 bridgehead atoms. The lowest BCUT2D eigenvalue weighted by Gasteiger charge is -2.32. The van der Waals surface area contributed by atoms with Crippen molar-refractivity contribution in [3.63, 3.8) is 0 Å². The van der Waals surface area contributed by atoms with Gasteiger partial charge in [0.1, 0.15) is 17.7 Å². The third-order valence-electron chi connectivity index (χ3n) is 4.20. The molecule has 6 heteroatoms. The van der Waals surface area contributed by atoms with Crippen molar-refractivity contribution in [2.45, 2.75) is 39.2 Å². The second-order valence-electron chi connectivity index (χ2n) is 6.07. The Bertz CT molecular complexity index is 724. The highest BCUT2D eigenvalue weighted by Crippen LogP contribution is 2.22. The van der Waals surface area contributed by atoms with Crippen LogP contribution in [0, 0.1) is 19.7 Å². The van der Waals surface area contributed by atoms with E-state index < -0.39 is 0 Å². The first-order valence-electron chi connectivity index (χ1n) is 8.14. The fourth-order valence-electron chi connectivity index (χ4n) is 2.94. The molecule has 0 spiro atoms. The van der Waals surface area contributed by atoms with E-state index in [9.17, 15) is 9.18 Å². The van der Waals surface area contributed by atoms with Crippen molar-refractivity contribution >= 4 is 17.2 Å². The van der Waals surface area contributed by atoms with Gasteiger partial charge in [0.25, 0.3) is 0 Å². The van der Waals surface area contributed by atoms with E-state index in [4.69, 9.17) is 4.74 Å². The van der Waals surface area contributed by atoms with E-state index in [0.717, 1.165) is 28.4 Å². The number of hydrogen-bond acceptors (Lipinski definition) is 4. The van der Waals surface area contributed by atoms with Crippen molar-refractivity contribution in [2.75, 3.05) is 13.1 Å². The number of thiazole rings is 1. The number of rotatable bonds is 4. The highest BCUT2D eigenvalue weighted by molar-refractivity contribution is 7.11. The molecule has 4 nitrogen and oxygen atoms in total. The van der Waals surface area contributed by atoms with Crippen molar-refractivity contribution in [1.29, 1.82) is 0 Å². The van der Waals surface area contributed by atoms with Gasteiger partial charge in [-0.05, 0) is 26.0 Å². The lowest BCUT2D eigenvalue weighted by atomic mass is 10.1. The predicted molar refractivity (Wildman–Crippen MR) is 91.9 cm³/mol. The van der Waals surface area contributed by atoms with Gasteiger partial charge in [0.15, 0.2) is 0 Å². The second kappa shape index (κ2) is 7.30. The number of carbonyl (C=O) groups is 1. The molecule has 1 aliphatic heterocycles. The van der Waals surface area contributed by atoms with Crippen LogP contribution < -0.4 is 4.74 Å². The Labute approximate surface area is 145 Å². The van der Waals surface area contributed by atoms with Crippen LogP contribution in [-0.4, -0.2) is 35.0 Å². The average molecular weight is 348 g/mol. The van der Waals surface area contributed by atoms with Crippen molar-refractivity contribution in [1.82, 2.24) is 9.88 Å². The van der Waals surface area contributed by atoms with Crippen LogP contribution >= 0.6 is 11.3 Å². The molecule has 2 aromatic rings. The molecule has 0 radical (unpaired) electrons. The van der Waals surface area contributed by atoms with E-state index in [0.29, 0.717) is 25.3 Å². The molecule has 1 aromatic carbocycles. The van der Waals surface area contributed by atoms with Gasteiger partial charge < -0.3 is 9.64 Å². The molecule has 0 unspecified atom stereocenters. The predicted octanol–water partition coefficient (Wildman–Crippen LogP) is 3.51. The summed E-state index contributed by atoms with van der Waals surface area (Å²) in [4.78, 5) is 19.8. The van der Waals surface area contributed by atoms with Crippen LogP contribution in [0.25, 0.3) is 0 Å². The molecule has 1 aliphatic rings. The van der Waals surface area contributed by atoms with Gasteiger partial charge in [0.05, 0.1) is 17.1 Å². The molecular formula is C18H21FN2O2S. The van der Waals surface area contributed by atoms with Crippen LogP contribution in [0.1, 0.15) is 28.4 Å². The van der Waals surface area contributed by atoms with Crippen molar-refractivity contribution in [2.24, 2.45) is 0 Å². The monoisotopic (exact) mass is 348 g/mol. The number of nitrogens with zero attached hydrogens (tertiary/aromatic N) is 2. The molecular weight excluding hydrogens is 327 g/mol. The van der Waals surface area contributed by atoms with Gasteiger partial charge in [-0.3, -0.25) is 4.79 Å². The molecule has 1 saturated heterocycles. The van der Waals surface area contributed by atoms with E-state index in [2.05, 4.69) is 4.98 Å². The Morgan fingerprint density at radius 2 is 2.12 bits per heavy atom. The number of benzene rings is 1. The average Bonchev–Trinajstić information content (AvgIpc) is 2.85. The van der Waals surface area contributed by atoms with Gasteiger partial charge in [-0.25, -0.2) is 9.37 Å². The summed E-state index contributed by atoms with van der Waals surface area (Å²) < 4.78 is 19.0. The molecule has 1 aromatic heterocycles. The summed E-state index contributed by atoms with van der Waals surface area (Å²) in [5, 5.41) is 0.998. The molecule has 0 N–H and O–H groups in total. The first-order valence-corrected chi connectivity index (χ1v) is 8.96. The number of hydrogen-bond donors (Lipinski definition) is 0. The SMILES string of the molecule is Cc1nc(C)c(CC(=O)N2CCC(Oc3cccc(F)c3)CC2)s1. The summed E-state index contributed by atoms with van der Waals surface area (Å²) in [6.45, 7) is 5.26. The number of carbonyl (C=O) groups excluding carboxylic acids is 1. The maximum atomic E-state index is 13.2. The van der Waals surface area contributed by atoms with Gasteiger partial charge in [0.2, 0.25) is 5.91 Å². The lowest BCUT2D eigenvalue weighted by molar-refractivity contribution is -0.132. The molecule has 128 valence electrons. The normalized spacial score (nSPS) is 15.5. The van der Waals surface area contributed by atoms with E-state index in [1.54, 1.807) is 23.5 Å². The first kappa shape index (κ1) is 16.9.